The third kappa shape index (κ3) is 4.98. The molecule has 0 fully saturated rings. The molecule has 0 heterocycles. The third-order valence-electron chi connectivity index (χ3n) is 4.48. The summed E-state index contributed by atoms with van der Waals surface area (Å²) >= 11 is 7.68. The van der Waals surface area contributed by atoms with Crippen molar-refractivity contribution in [3.8, 4) is 0 Å². The average Bonchev–Trinajstić information content (AvgIpc) is 2.71. The number of benzene rings is 3. The number of thioether (sulfide) groups is 1. The van der Waals surface area contributed by atoms with Crippen LogP contribution < -0.4 is 10.0 Å². The topological polar surface area (TPSA) is 75.3 Å². The van der Waals surface area contributed by atoms with Gasteiger partial charge in [0.25, 0.3) is 15.9 Å². The van der Waals surface area contributed by atoms with Gasteiger partial charge in [-0.25, -0.2) is 8.42 Å². The molecule has 0 saturated carbocycles. The Kier molecular flexibility index (Phi) is 6.75. The van der Waals surface area contributed by atoms with Crippen molar-refractivity contribution in [3.05, 3.63) is 82.4 Å². The molecule has 0 saturated heterocycles. The molecule has 5 nitrogen and oxygen atoms in total. The highest BCUT2D eigenvalue weighted by Crippen LogP contribution is 2.28. The van der Waals surface area contributed by atoms with Crippen molar-refractivity contribution in [1.82, 2.24) is 0 Å². The van der Waals surface area contributed by atoms with Crippen LogP contribution in [-0.4, -0.2) is 20.6 Å². The zero-order valence-electron chi connectivity index (χ0n) is 16.7. The minimum atomic E-state index is -3.99. The number of hydrogen-bond acceptors (Lipinski definition) is 4. The second-order valence-corrected chi connectivity index (χ2v) is 9.63. The second kappa shape index (κ2) is 9.12. The van der Waals surface area contributed by atoms with E-state index in [9.17, 15) is 13.2 Å². The van der Waals surface area contributed by atoms with Crippen molar-refractivity contribution < 1.29 is 13.2 Å². The first kappa shape index (κ1) is 22.2. The summed E-state index contributed by atoms with van der Waals surface area (Å²) in [5.41, 5.74) is 3.02. The lowest BCUT2D eigenvalue weighted by Gasteiger charge is -2.14. The first-order valence-electron chi connectivity index (χ1n) is 9.05. The Morgan fingerprint density at radius 1 is 0.967 bits per heavy atom. The number of nitrogens with one attached hydrogen (secondary N) is 2. The highest BCUT2D eigenvalue weighted by molar-refractivity contribution is 7.98. The van der Waals surface area contributed by atoms with Gasteiger partial charge in [0.1, 0.15) is 4.90 Å². The molecule has 0 atom stereocenters. The maximum absolute atomic E-state index is 13.0. The predicted molar refractivity (Wildman–Crippen MR) is 124 cm³/mol. The SMILES string of the molecule is CSc1ccccc1NC(=O)c1ccc(Cl)c(S(=O)(=O)Nc2cc(C)ccc2C)c1. The summed E-state index contributed by atoms with van der Waals surface area (Å²) in [6.45, 7) is 3.69. The Labute approximate surface area is 185 Å². The smallest absolute Gasteiger partial charge is 0.263 e. The van der Waals surface area contributed by atoms with E-state index < -0.39 is 15.9 Å². The van der Waals surface area contributed by atoms with Crippen molar-refractivity contribution in [2.75, 3.05) is 16.3 Å². The molecule has 0 aliphatic rings. The Morgan fingerprint density at radius 3 is 2.43 bits per heavy atom. The van der Waals surface area contributed by atoms with Crippen LogP contribution in [0.2, 0.25) is 5.02 Å². The first-order valence-corrected chi connectivity index (χ1v) is 12.1. The van der Waals surface area contributed by atoms with Gasteiger partial charge in [-0.05, 0) is 67.6 Å². The van der Waals surface area contributed by atoms with Crippen molar-refractivity contribution in [1.29, 1.82) is 0 Å². The number of amides is 1. The molecule has 3 rings (SSSR count). The monoisotopic (exact) mass is 460 g/mol. The number of halogens is 1. The number of para-hydroxylation sites is 1. The lowest BCUT2D eigenvalue weighted by Crippen LogP contribution is -2.17. The lowest BCUT2D eigenvalue weighted by atomic mass is 10.1. The second-order valence-electron chi connectivity index (χ2n) is 6.72. The molecule has 0 spiro atoms. The molecule has 1 amide bonds. The molecular formula is C22H21ClN2O3S2. The highest BCUT2D eigenvalue weighted by atomic mass is 35.5. The fourth-order valence-electron chi connectivity index (χ4n) is 2.84. The molecule has 0 aliphatic carbocycles. The van der Waals surface area contributed by atoms with Crippen molar-refractivity contribution >= 4 is 50.7 Å². The minimum absolute atomic E-state index is 0.0360. The van der Waals surface area contributed by atoms with Crippen LogP contribution in [0.25, 0.3) is 0 Å². The fourth-order valence-corrected chi connectivity index (χ4v) is 5.04. The summed E-state index contributed by atoms with van der Waals surface area (Å²) in [5.74, 6) is -0.420. The van der Waals surface area contributed by atoms with Gasteiger partial charge in [-0.1, -0.05) is 35.9 Å². The van der Waals surface area contributed by atoms with E-state index >= 15 is 0 Å². The molecule has 3 aromatic carbocycles. The number of sulfonamides is 1. The summed E-state index contributed by atoms with van der Waals surface area (Å²) in [7, 11) is -3.99. The van der Waals surface area contributed by atoms with Crippen LogP contribution in [0.15, 0.2) is 70.5 Å². The lowest BCUT2D eigenvalue weighted by molar-refractivity contribution is 0.102. The molecule has 2 N–H and O–H groups in total. The Balaban J connectivity index is 1.92. The molecule has 3 aromatic rings. The number of rotatable bonds is 6. The van der Waals surface area contributed by atoms with Gasteiger partial charge in [-0.2, -0.15) is 0 Å². The molecule has 156 valence electrons. The van der Waals surface area contributed by atoms with Crippen LogP contribution >= 0.6 is 23.4 Å². The molecule has 30 heavy (non-hydrogen) atoms. The van der Waals surface area contributed by atoms with Gasteiger partial charge in [-0.15, -0.1) is 11.8 Å². The van der Waals surface area contributed by atoms with Crippen molar-refractivity contribution in [3.63, 3.8) is 0 Å². The van der Waals surface area contributed by atoms with Gasteiger partial charge in [0.05, 0.1) is 16.4 Å². The van der Waals surface area contributed by atoms with Crippen LogP contribution in [0.1, 0.15) is 21.5 Å². The molecule has 0 aromatic heterocycles. The zero-order valence-corrected chi connectivity index (χ0v) is 19.1. The van der Waals surface area contributed by atoms with Crippen molar-refractivity contribution in [2.45, 2.75) is 23.6 Å². The van der Waals surface area contributed by atoms with Gasteiger partial charge >= 0.3 is 0 Å². The van der Waals surface area contributed by atoms with Gasteiger partial charge in [-0.3, -0.25) is 9.52 Å². The van der Waals surface area contributed by atoms with Crippen LogP contribution in [0.5, 0.6) is 0 Å². The number of aryl methyl sites for hydroxylation is 2. The van der Waals surface area contributed by atoms with Crippen molar-refractivity contribution in [2.24, 2.45) is 0 Å². The molecular weight excluding hydrogens is 440 g/mol. The van der Waals surface area contributed by atoms with E-state index in [-0.39, 0.29) is 15.5 Å². The van der Waals surface area contributed by atoms with Gasteiger partial charge in [0, 0.05) is 10.5 Å². The van der Waals surface area contributed by atoms with Crippen LogP contribution in [-0.2, 0) is 10.0 Å². The Hall–Kier alpha value is -2.48. The van der Waals surface area contributed by atoms with Crippen LogP contribution in [0.4, 0.5) is 11.4 Å². The minimum Gasteiger partial charge on any atom is -0.321 e. The summed E-state index contributed by atoms with van der Waals surface area (Å²) < 4.78 is 28.5. The van der Waals surface area contributed by atoms with E-state index in [1.54, 1.807) is 12.1 Å². The molecule has 0 aliphatic heterocycles. The largest absolute Gasteiger partial charge is 0.321 e. The van der Waals surface area contributed by atoms with E-state index in [0.29, 0.717) is 11.4 Å². The predicted octanol–water partition coefficient (Wildman–Crippen LogP) is 5.73. The Morgan fingerprint density at radius 2 is 1.70 bits per heavy atom. The maximum Gasteiger partial charge on any atom is 0.263 e. The third-order valence-corrected chi connectivity index (χ3v) is 7.12. The van der Waals surface area contributed by atoms with Crippen LogP contribution in [0, 0.1) is 13.8 Å². The van der Waals surface area contributed by atoms with Crippen LogP contribution in [0.3, 0.4) is 0 Å². The molecule has 0 unspecified atom stereocenters. The normalized spacial score (nSPS) is 11.2. The number of anilines is 2. The maximum atomic E-state index is 13.0. The van der Waals surface area contributed by atoms with Gasteiger partial charge in [0.15, 0.2) is 0 Å². The quantitative estimate of drug-likeness (QED) is 0.460. The zero-order chi connectivity index (χ0) is 21.9. The van der Waals surface area contributed by atoms with E-state index in [4.69, 9.17) is 11.6 Å². The standard InChI is InChI=1S/C22H21ClN2O3S2/c1-14-8-9-15(2)19(12-14)25-30(27,28)21-13-16(10-11-17(21)23)22(26)24-18-6-4-5-7-20(18)29-3/h4-13,25H,1-3H3,(H,24,26). The van der Waals surface area contributed by atoms with Gasteiger partial charge < -0.3 is 5.32 Å². The van der Waals surface area contributed by atoms with Gasteiger partial charge in [0.2, 0.25) is 0 Å². The molecule has 0 radical (unpaired) electrons. The molecule has 8 heteroatoms. The van der Waals surface area contributed by atoms with E-state index in [2.05, 4.69) is 10.0 Å². The number of carbonyl (C=O) groups excluding carboxylic acids is 1. The summed E-state index contributed by atoms with van der Waals surface area (Å²) in [5, 5.41) is 2.86. The first-order chi connectivity index (χ1) is 14.2. The average molecular weight is 461 g/mol. The van der Waals surface area contributed by atoms with E-state index in [1.165, 1.54) is 30.0 Å². The summed E-state index contributed by atoms with van der Waals surface area (Å²) in [6, 6.07) is 17.1. The van der Waals surface area contributed by atoms with E-state index in [0.717, 1.165) is 16.0 Å². The fraction of sp³-hybridized carbons (Fsp3) is 0.136. The highest BCUT2D eigenvalue weighted by Gasteiger charge is 2.21. The summed E-state index contributed by atoms with van der Waals surface area (Å²) in [4.78, 5) is 13.5. The number of carbonyl (C=O) groups is 1. The van der Waals surface area contributed by atoms with E-state index in [1.807, 2.05) is 50.4 Å². The summed E-state index contributed by atoms with van der Waals surface area (Å²) in [6.07, 6.45) is 1.91. The molecule has 0 bridgehead atoms. The number of hydrogen-bond donors (Lipinski definition) is 2. The Bertz CT molecular complexity index is 1210.